The second kappa shape index (κ2) is 9.22. The molecule has 1 saturated carbocycles. The molecule has 1 aliphatic carbocycles. The van der Waals surface area contributed by atoms with Crippen LogP contribution in [0.25, 0.3) is 0 Å². The molecule has 0 aromatic heterocycles. The molecule has 4 fully saturated rings. The van der Waals surface area contributed by atoms with Crippen molar-refractivity contribution in [1.82, 2.24) is 25.6 Å². The molecular weight excluding hydrogens is 398 g/mol. The second-order valence-corrected chi connectivity index (χ2v) is 9.82. The number of urea groups is 1. The smallest absolute Gasteiger partial charge is 0.409 e. The van der Waals surface area contributed by atoms with Crippen molar-refractivity contribution in [1.29, 1.82) is 0 Å². The first-order chi connectivity index (χ1) is 14.9. The van der Waals surface area contributed by atoms with Gasteiger partial charge in [0.05, 0.1) is 6.61 Å². The molecule has 4 aliphatic rings. The zero-order valence-corrected chi connectivity index (χ0v) is 18.9. The molecule has 0 aromatic carbocycles. The topological polar surface area (TPSA) is 94.2 Å². The van der Waals surface area contributed by atoms with E-state index in [-0.39, 0.29) is 24.1 Å². The van der Waals surface area contributed by atoms with Crippen molar-refractivity contribution >= 4 is 18.0 Å². The van der Waals surface area contributed by atoms with E-state index < -0.39 is 0 Å². The predicted octanol–water partition coefficient (Wildman–Crippen LogP) is 1.93. The van der Waals surface area contributed by atoms with Gasteiger partial charge in [-0.15, -0.1) is 0 Å². The van der Waals surface area contributed by atoms with Crippen LogP contribution in [0.3, 0.4) is 0 Å². The van der Waals surface area contributed by atoms with Crippen LogP contribution in [0.5, 0.6) is 0 Å². The van der Waals surface area contributed by atoms with Crippen LogP contribution in [-0.2, 0) is 9.53 Å². The summed E-state index contributed by atoms with van der Waals surface area (Å²) in [6.45, 7) is 8.29. The zero-order valence-electron chi connectivity index (χ0n) is 18.9. The Balaban J connectivity index is 1.22. The van der Waals surface area contributed by atoms with E-state index in [1.54, 1.807) is 0 Å². The number of hydrogen-bond donors (Lipinski definition) is 2. The van der Waals surface area contributed by atoms with Crippen LogP contribution in [0.1, 0.15) is 58.8 Å². The molecule has 9 heteroatoms. The molecular formula is C22H37N5O4. The first kappa shape index (κ1) is 22.2. The van der Waals surface area contributed by atoms with Crippen LogP contribution in [0, 0.1) is 11.3 Å². The normalized spacial score (nSPS) is 31.5. The summed E-state index contributed by atoms with van der Waals surface area (Å²) in [6.07, 6.45) is 7.62. The molecule has 4 amide bonds. The van der Waals surface area contributed by atoms with Crippen molar-refractivity contribution in [3.8, 4) is 0 Å². The van der Waals surface area contributed by atoms with Crippen molar-refractivity contribution in [3.63, 3.8) is 0 Å². The lowest BCUT2D eigenvalue weighted by atomic mass is 9.64. The van der Waals surface area contributed by atoms with E-state index in [4.69, 9.17) is 4.74 Å². The quantitative estimate of drug-likeness (QED) is 0.661. The maximum absolute atomic E-state index is 12.4. The minimum absolute atomic E-state index is 0.160. The summed E-state index contributed by atoms with van der Waals surface area (Å²) in [5.41, 5.74) is 5.23. The summed E-state index contributed by atoms with van der Waals surface area (Å²) >= 11 is 0. The Morgan fingerprint density at radius 1 is 1.03 bits per heavy atom. The molecule has 3 heterocycles. The first-order valence-corrected chi connectivity index (χ1v) is 11.9. The Hall–Kier alpha value is -2.03. The molecule has 2 N–H and O–H groups in total. The number of piperidine rings is 1. The van der Waals surface area contributed by atoms with E-state index in [0.29, 0.717) is 24.0 Å². The zero-order chi connectivity index (χ0) is 22.0. The lowest BCUT2D eigenvalue weighted by Crippen LogP contribution is -2.56. The number of amides is 4. The van der Waals surface area contributed by atoms with Crippen molar-refractivity contribution in [2.75, 3.05) is 39.3 Å². The van der Waals surface area contributed by atoms with E-state index in [1.807, 2.05) is 16.7 Å². The van der Waals surface area contributed by atoms with Gasteiger partial charge in [-0.3, -0.25) is 10.2 Å². The number of hydrazine groups is 1. The van der Waals surface area contributed by atoms with Gasteiger partial charge < -0.3 is 19.4 Å². The van der Waals surface area contributed by atoms with Crippen LogP contribution in [0.4, 0.5) is 9.59 Å². The molecule has 1 atom stereocenters. The summed E-state index contributed by atoms with van der Waals surface area (Å²) in [7, 11) is 0. The average Bonchev–Trinajstić information content (AvgIpc) is 3.39. The van der Waals surface area contributed by atoms with Crippen LogP contribution < -0.4 is 10.9 Å². The van der Waals surface area contributed by atoms with E-state index in [0.717, 1.165) is 64.8 Å². The average molecular weight is 436 g/mol. The summed E-state index contributed by atoms with van der Waals surface area (Å²) < 4.78 is 5.17. The third kappa shape index (κ3) is 4.76. The van der Waals surface area contributed by atoms with Crippen LogP contribution >= 0.6 is 0 Å². The van der Waals surface area contributed by atoms with E-state index >= 15 is 0 Å². The van der Waals surface area contributed by atoms with Gasteiger partial charge in [0.1, 0.15) is 0 Å². The van der Waals surface area contributed by atoms with Gasteiger partial charge in [-0.05, 0) is 76.3 Å². The number of nitrogens with zero attached hydrogens (tertiary/aromatic N) is 3. The van der Waals surface area contributed by atoms with Crippen LogP contribution in [0.15, 0.2) is 0 Å². The third-order valence-electron chi connectivity index (χ3n) is 7.84. The van der Waals surface area contributed by atoms with Gasteiger partial charge in [0.25, 0.3) is 0 Å². The Morgan fingerprint density at radius 2 is 1.77 bits per heavy atom. The van der Waals surface area contributed by atoms with Crippen molar-refractivity contribution in [2.24, 2.45) is 11.3 Å². The number of hydrogen-bond acceptors (Lipinski definition) is 5. The third-order valence-corrected chi connectivity index (χ3v) is 7.84. The number of nitrogens with one attached hydrogen (secondary N) is 2. The van der Waals surface area contributed by atoms with E-state index in [1.165, 1.54) is 19.8 Å². The lowest BCUT2D eigenvalue weighted by molar-refractivity contribution is -0.119. The van der Waals surface area contributed by atoms with Gasteiger partial charge in [-0.25, -0.2) is 15.0 Å². The summed E-state index contributed by atoms with van der Waals surface area (Å²) in [5, 5.41) is 0. The number of carbonyl (C=O) groups is 3. The second-order valence-electron chi connectivity index (χ2n) is 9.82. The number of ether oxygens (including phenoxy) is 1. The minimum atomic E-state index is -0.261. The van der Waals surface area contributed by atoms with Gasteiger partial charge in [-0.2, -0.15) is 0 Å². The molecule has 31 heavy (non-hydrogen) atoms. The van der Waals surface area contributed by atoms with Crippen molar-refractivity contribution in [2.45, 2.75) is 70.9 Å². The van der Waals surface area contributed by atoms with E-state index in [2.05, 4.69) is 15.8 Å². The van der Waals surface area contributed by atoms with Gasteiger partial charge in [0.2, 0.25) is 5.91 Å². The molecule has 3 aliphatic heterocycles. The largest absolute Gasteiger partial charge is 0.450 e. The summed E-state index contributed by atoms with van der Waals surface area (Å²) in [4.78, 5) is 42.0. The van der Waals surface area contributed by atoms with Crippen LogP contribution in [0.2, 0.25) is 0 Å². The standard InChI is InChI=1S/C22H37N5O4/c1-3-31-21(30)26-12-8-22(15-26)13-18(14-22)25-10-6-17(7-11-25)19-5-4-9-27(19)20(29)24-23-16(2)28/h17-19H,3-15H2,1-2H3,(H,23,28)(H,24,29). The fraction of sp³-hybridized carbons (Fsp3) is 0.864. The number of likely N-dealkylation sites (tertiary alicyclic amines) is 3. The molecule has 0 aromatic rings. The summed E-state index contributed by atoms with van der Waals surface area (Å²) in [6, 6.07) is 0.718. The number of carbonyl (C=O) groups excluding carboxylic acids is 3. The van der Waals surface area contributed by atoms with Gasteiger partial charge >= 0.3 is 12.1 Å². The van der Waals surface area contributed by atoms with Gasteiger partial charge in [0, 0.05) is 38.6 Å². The maximum atomic E-state index is 12.4. The molecule has 174 valence electrons. The van der Waals surface area contributed by atoms with Crippen molar-refractivity contribution < 1.29 is 19.1 Å². The van der Waals surface area contributed by atoms with Crippen molar-refractivity contribution in [3.05, 3.63) is 0 Å². The fourth-order valence-electron chi connectivity index (χ4n) is 6.25. The maximum Gasteiger partial charge on any atom is 0.409 e. The first-order valence-electron chi connectivity index (χ1n) is 11.9. The summed E-state index contributed by atoms with van der Waals surface area (Å²) in [5.74, 6) is 0.268. The monoisotopic (exact) mass is 435 g/mol. The van der Waals surface area contributed by atoms with E-state index in [9.17, 15) is 14.4 Å². The number of rotatable bonds is 3. The Kier molecular flexibility index (Phi) is 6.60. The highest BCUT2D eigenvalue weighted by Crippen LogP contribution is 2.51. The fourth-order valence-corrected chi connectivity index (χ4v) is 6.25. The van der Waals surface area contributed by atoms with Gasteiger partial charge in [0.15, 0.2) is 0 Å². The highest BCUT2D eigenvalue weighted by Gasteiger charge is 2.51. The minimum Gasteiger partial charge on any atom is -0.450 e. The van der Waals surface area contributed by atoms with Crippen LogP contribution in [-0.4, -0.2) is 84.1 Å². The highest BCUT2D eigenvalue weighted by molar-refractivity contribution is 5.80. The molecule has 3 saturated heterocycles. The highest BCUT2D eigenvalue weighted by atomic mass is 16.6. The lowest BCUT2D eigenvalue weighted by Gasteiger charge is -2.52. The Bertz CT molecular complexity index is 687. The Morgan fingerprint density at radius 3 is 2.45 bits per heavy atom. The SMILES string of the molecule is CCOC(=O)N1CCC2(CC(N3CCC(C4CCCN4C(=O)NNC(C)=O)CC3)C2)C1. The molecule has 0 radical (unpaired) electrons. The predicted molar refractivity (Wildman–Crippen MR) is 115 cm³/mol. The molecule has 0 bridgehead atoms. The Labute approximate surface area is 184 Å². The molecule has 9 nitrogen and oxygen atoms in total. The molecule has 1 unspecified atom stereocenters. The molecule has 4 rings (SSSR count). The van der Waals surface area contributed by atoms with Gasteiger partial charge in [-0.1, -0.05) is 0 Å². The molecule has 1 spiro atoms.